The fraction of sp³-hybridized carbons (Fsp3) is 0.579. The topological polar surface area (TPSA) is 61.9 Å². The molecule has 1 aromatic carbocycles. The van der Waals surface area contributed by atoms with Gasteiger partial charge in [0.2, 0.25) is 5.91 Å². The third kappa shape index (κ3) is 5.74. The van der Waals surface area contributed by atoms with E-state index in [2.05, 4.69) is 12.2 Å². The molecular formula is C19H29N3O3. The number of hydrogen-bond acceptors (Lipinski definition) is 4. The van der Waals surface area contributed by atoms with Crippen LogP contribution in [0.25, 0.3) is 0 Å². The van der Waals surface area contributed by atoms with Crippen LogP contribution in [0.1, 0.15) is 36.5 Å². The number of piperazine rings is 1. The van der Waals surface area contributed by atoms with Crippen LogP contribution in [0, 0.1) is 0 Å². The quantitative estimate of drug-likeness (QED) is 0.778. The minimum absolute atomic E-state index is 0.0412. The number of ether oxygens (including phenoxy) is 1. The van der Waals surface area contributed by atoms with Crippen LogP contribution in [-0.2, 0) is 4.79 Å². The maximum atomic E-state index is 12.8. The summed E-state index contributed by atoms with van der Waals surface area (Å²) < 4.78 is 5.21. The van der Waals surface area contributed by atoms with Crippen molar-refractivity contribution in [3.8, 4) is 5.75 Å². The Morgan fingerprint density at radius 1 is 1.24 bits per heavy atom. The fourth-order valence-electron chi connectivity index (χ4n) is 2.91. The van der Waals surface area contributed by atoms with E-state index >= 15 is 0 Å². The SMILES string of the molecule is CCCCN(CCC(=O)N1CCNCC1)C(=O)c1cccc(OC)c1. The molecule has 1 aliphatic rings. The molecule has 1 aliphatic heterocycles. The molecule has 0 aromatic heterocycles. The molecule has 1 heterocycles. The van der Waals surface area contributed by atoms with Gasteiger partial charge in [-0.2, -0.15) is 0 Å². The van der Waals surface area contributed by atoms with Crippen LogP contribution in [0.4, 0.5) is 0 Å². The van der Waals surface area contributed by atoms with Crippen LogP contribution in [0.2, 0.25) is 0 Å². The Morgan fingerprint density at radius 2 is 2.00 bits per heavy atom. The largest absolute Gasteiger partial charge is 0.497 e. The molecule has 0 aliphatic carbocycles. The van der Waals surface area contributed by atoms with E-state index in [1.165, 1.54) is 0 Å². The van der Waals surface area contributed by atoms with Crippen LogP contribution in [0.15, 0.2) is 24.3 Å². The lowest BCUT2D eigenvalue weighted by Gasteiger charge is -2.29. The van der Waals surface area contributed by atoms with E-state index in [4.69, 9.17) is 4.74 Å². The lowest BCUT2D eigenvalue weighted by Crippen LogP contribution is -2.47. The van der Waals surface area contributed by atoms with E-state index < -0.39 is 0 Å². The predicted molar refractivity (Wildman–Crippen MR) is 97.9 cm³/mol. The lowest BCUT2D eigenvalue weighted by atomic mass is 10.1. The summed E-state index contributed by atoms with van der Waals surface area (Å²) in [6, 6.07) is 7.18. The predicted octanol–water partition coefficient (Wildman–Crippen LogP) is 1.76. The highest BCUT2D eigenvalue weighted by Gasteiger charge is 2.20. The van der Waals surface area contributed by atoms with Gasteiger partial charge in [-0.1, -0.05) is 19.4 Å². The number of hydrogen-bond donors (Lipinski definition) is 1. The molecule has 138 valence electrons. The average Bonchev–Trinajstić information content (AvgIpc) is 2.68. The standard InChI is InChI=1S/C19H29N3O3/c1-3-4-11-22(12-8-18(23)21-13-9-20-10-14-21)19(24)16-6-5-7-17(15-16)25-2/h5-7,15,20H,3-4,8-14H2,1-2H3. The molecule has 6 heteroatoms. The Morgan fingerprint density at radius 3 is 2.68 bits per heavy atom. The van der Waals surface area contributed by atoms with E-state index in [0.29, 0.717) is 30.8 Å². The molecule has 0 atom stereocenters. The zero-order valence-electron chi connectivity index (χ0n) is 15.3. The molecule has 0 unspecified atom stereocenters. The lowest BCUT2D eigenvalue weighted by molar-refractivity contribution is -0.131. The highest BCUT2D eigenvalue weighted by atomic mass is 16.5. The molecule has 1 saturated heterocycles. The molecule has 6 nitrogen and oxygen atoms in total. The van der Waals surface area contributed by atoms with Crippen molar-refractivity contribution in [2.24, 2.45) is 0 Å². The summed E-state index contributed by atoms with van der Waals surface area (Å²) in [5.74, 6) is 0.750. The first-order valence-corrected chi connectivity index (χ1v) is 9.07. The fourth-order valence-corrected chi connectivity index (χ4v) is 2.91. The van der Waals surface area contributed by atoms with Crippen LogP contribution >= 0.6 is 0 Å². The molecule has 2 amide bonds. The van der Waals surface area contributed by atoms with E-state index in [1.807, 2.05) is 17.0 Å². The monoisotopic (exact) mass is 347 g/mol. The first kappa shape index (κ1) is 19.2. The van der Waals surface area contributed by atoms with Crippen molar-refractivity contribution >= 4 is 11.8 Å². The number of carbonyl (C=O) groups is 2. The number of rotatable bonds is 8. The van der Waals surface area contributed by atoms with Crippen molar-refractivity contribution in [2.75, 3.05) is 46.4 Å². The van der Waals surface area contributed by atoms with Gasteiger partial charge in [-0.3, -0.25) is 9.59 Å². The van der Waals surface area contributed by atoms with Crippen LogP contribution in [0.3, 0.4) is 0 Å². The summed E-state index contributed by atoms with van der Waals surface area (Å²) in [5.41, 5.74) is 0.602. The zero-order chi connectivity index (χ0) is 18.1. The first-order valence-electron chi connectivity index (χ1n) is 9.07. The van der Waals surface area contributed by atoms with E-state index in [-0.39, 0.29) is 11.8 Å². The molecule has 25 heavy (non-hydrogen) atoms. The smallest absolute Gasteiger partial charge is 0.254 e. The van der Waals surface area contributed by atoms with Gasteiger partial charge in [0.05, 0.1) is 7.11 Å². The van der Waals surface area contributed by atoms with Crippen LogP contribution in [0.5, 0.6) is 5.75 Å². The normalized spacial score (nSPS) is 14.2. The third-order valence-corrected chi connectivity index (χ3v) is 4.45. The van der Waals surface area contributed by atoms with Crippen molar-refractivity contribution in [3.63, 3.8) is 0 Å². The molecular weight excluding hydrogens is 318 g/mol. The Balaban J connectivity index is 1.98. The number of methoxy groups -OCH3 is 1. The van der Waals surface area contributed by atoms with Gasteiger partial charge < -0.3 is 19.9 Å². The van der Waals surface area contributed by atoms with Crippen molar-refractivity contribution < 1.29 is 14.3 Å². The summed E-state index contributed by atoms with van der Waals surface area (Å²) in [4.78, 5) is 28.9. The van der Waals surface area contributed by atoms with Crippen molar-refractivity contribution in [2.45, 2.75) is 26.2 Å². The van der Waals surface area contributed by atoms with Crippen LogP contribution in [-0.4, -0.2) is 68.0 Å². The van der Waals surface area contributed by atoms with Crippen molar-refractivity contribution in [1.29, 1.82) is 0 Å². The Kier molecular flexibility index (Phi) is 7.73. The van der Waals surface area contributed by atoms with Gasteiger partial charge in [-0.05, 0) is 24.6 Å². The van der Waals surface area contributed by atoms with Crippen molar-refractivity contribution in [3.05, 3.63) is 29.8 Å². The Labute approximate surface area is 150 Å². The summed E-state index contributed by atoms with van der Waals surface area (Å²) >= 11 is 0. The van der Waals surface area contributed by atoms with Gasteiger partial charge in [0.1, 0.15) is 5.75 Å². The highest BCUT2D eigenvalue weighted by Crippen LogP contribution is 2.15. The van der Waals surface area contributed by atoms with Gasteiger partial charge in [0.15, 0.2) is 0 Å². The summed E-state index contributed by atoms with van der Waals surface area (Å²) in [6.45, 7) is 6.40. The summed E-state index contributed by atoms with van der Waals surface area (Å²) in [7, 11) is 1.59. The minimum Gasteiger partial charge on any atom is -0.497 e. The number of carbonyl (C=O) groups excluding carboxylic acids is 2. The molecule has 0 radical (unpaired) electrons. The minimum atomic E-state index is -0.0412. The van der Waals surface area contributed by atoms with E-state index in [9.17, 15) is 9.59 Å². The van der Waals surface area contributed by atoms with Gasteiger partial charge in [0.25, 0.3) is 5.91 Å². The van der Waals surface area contributed by atoms with Crippen LogP contribution < -0.4 is 10.1 Å². The molecule has 1 N–H and O–H groups in total. The first-order chi connectivity index (χ1) is 12.2. The average molecular weight is 347 g/mol. The Bertz CT molecular complexity index is 571. The number of amides is 2. The summed E-state index contributed by atoms with van der Waals surface area (Å²) in [6.07, 6.45) is 2.31. The molecule has 0 spiro atoms. The Hall–Kier alpha value is -2.08. The molecule has 0 saturated carbocycles. The molecule has 2 rings (SSSR count). The summed E-state index contributed by atoms with van der Waals surface area (Å²) in [5, 5.41) is 3.24. The second-order valence-electron chi connectivity index (χ2n) is 6.26. The van der Waals surface area contributed by atoms with Gasteiger partial charge in [0, 0.05) is 51.3 Å². The second-order valence-corrected chi connectivity index (χ2v) is 6.26. The second kappa shape index (κ2) is 10.0. The van der Waals surface area contributed by atoms with Gasteiger partial charge in [-0.15, -0.1) is 0 Å². The molecule has 1 fully saturated rings. The highest BCUT2D eigenvalue weighted by molar-refractivity contribution is 5.94. The number of benzene rings is 1. The molecule has 1 aromatic rings. The number of nitrogens with zero attached hydrogens (tertiary/aromatic N) is 2. The van der Waals surface area contributed by atoms with Crippen molar-refractivity contribution in [1.82, 2.24) is 15.1 Å². The molecule has 0 bridgehead atoms. The van der Waals surface area contributed by atoms with E-state index in [1.54, 1.807) is 24.1 Å². The maximum Gasteiger partial charge on any atom is 0.254 e. The maximum absolute atomic E-state index is 12.8. The number of nitrogens with one attached hydrogen (secondary N) is 1. The zero-order valence-corrected chi connectivity index (χ0v) is 15.3. The third-order valence-electron chi connectivity index (χ3n) is 4.45. The van der Waals surface area contributed by atoms with Gasteiger partial charge in [-0.25, -0.2) is 0 Å². The van der Waals surface area contributed by atoms with Gasteiger partial charge >= 0.3 is 0 Å². The number of unbranched alkanes of at least 4 members (excludes halogenated alkanes) is 1. The van der Waals surface area contributed by atoms with E-state index in [0.717, 1.165) is 39.0 Å².